The monoisotopic (exact) mass is 407 g/mol. The summed E-state index contributed by atoms with van der Waals surface area (Å²) in [5.74, 6) is 2.44. The molecule has 0 nitrogen and oxygen atoms in total. The first-order valence-electron chi connectivity index (χ1n) is 14.0. The number of hydrogen-bond donors (Lipinski definition) is 0. The molecule has 0 spiro atoms. The highest BCUT2D eigenvalue weighted by atomic mass is 14.3. The summed E-state index contributed by atoms with van der Waals surface area (Å²) in [4.78, 5) is 0. The molecule has 0 heterocycles. The van der Waals surface area contributed by atoms with Gasteiger partial charge in [0.05, 0.1) is 0 Å². The topological polar surface area (TPSA) is 0 Å². The molecule has 4 rings (SSSR count). The normalized spacial score (nSPS) is 24.8. The van der Waals surface area contributed by atoms with E-state index in [9.17, 15) is 0 Å². The summed E-state index contributed by atoms with van der Waals surface area (Å²) in [5, 5.41) is 0. The summed E-state index contributed by atoms with van der Waals surface area (Å²) in [6, 6.07) is 8.77. The van der Waals surface area contributed by atoms with Crippen molar-refractivity contribution in [3.63, 3.8) is 0 Å². The minimum Gasteiger partial charge on any atom is -0.0578 e. The number of rotatable bonds is 3. The lowest BCUT2D eigenvalue weighted by Gasteiger charge is -2.32. The second-order valence-corrected chi connectivity index (χ2v) is 10.9. The van der Waals surface area contributed by atoms with E-state index in [0.29, 0.717) is 0 Å². The summed E-state index contributed by atoms with van der Waals surface area (Å²) in [7, 11) is 0. The average Bonchev–Trinajstić information content (AvgIpc) is 2.67. The molecule has 0 aromatic heterocycles. The largest absolute Gasteiger partial charge is 0.0578 e. The van der Waals surface area contributed by atoms with Gasteiger partial charge in [-0.05, 0) is 79.0 Å². The molecule has 3 aliphatic rings. The van der Waals surface area contributed by atoms with Crippen LogP contribution in [0.5, 0.6) is 0 Å². The SMILES string of the molecule is [c]1ccc(C2CCCCCCC2)c(C2CCCCCCC2)c1C1CCCCCCC1. The summed E-state index contributed by atoms with van der Waals surface area (Å²) in [5.41, 5.74) is 5.33. The lowest BCUT2D eigenvalue weighted by Crippen LogP contribution is -2.15. The van der Waals surface area contributed by atoms with Crippen LogP contribution in [0.25, 0.3) is 0 Å². The van der Waals surface area contributed by atoms with Crippen molar-refractivity contribution in [1.29, 1.82) is 0 Å². The van der Waals surface area contributed by atoms with E-state index in [1.165, 1.54) is 135 Å². The van der Waals surface area contributed by atoms with Gasteiger partial charge < -0.3 is 0 Å². The van der Waals surface area contributed by atoms with Crippen LogP contribution in [0, 0.1) is 6.07 Å². The standard InChI is InChI=1S/C30H47/c1-4-10-17-25(18-11-5-1)28-23-16-24-29(26-19-12-6-2-7-13-20-26)30(28)27-21-14-8-3-9-15-22-27/h16,23,25-27H,1-15,17-22H2. The first kappa shape index (κ1) is 22.4. The molecule has 1 aromatic rings. The fraction of sp³-hybridized carbons (Fsp3) is 0.800. The number of hydrogen-bond acceptors (Lipinski definition) is 0. The van der Waals surface area contributed by atoms with Crippen LogP contribution in [0.3, 0.4) is 0 Å². The quantitative estimate of drug-likeness (QED) is 0.467. The molecule has 0 heteroatoms. The highest BCUT2D eigenvalue weighted by Gasteiger charge is 2.27. The van der Waals surface area contributed by atoms with E-state index in [1.54, 1.807) is 11.1 Å². The molecule has 3 aliphatic carbocycles. The first-order chi connectivity index (χ1) is 14.9. The van der Waals surface area contributed by atoms with Crippen LogP contribution in [0.15, 0.2) is 12.1 Å². The Kier molecular flexibility index (Phi) is 9.19. The Balaban J connectivity index is 1.68. The molecule has 3 fully saturated rings. The molecule has 1 aromatic carbocycles. The van der Waals surface area contributed by atoms with Crippen LogP contribution in [0.1, 0.15) is 169 Å². The van der Waals surface area contributed by atoms with Crippen molar-refractivity contribution in [3.8, 4) is 0 Å². The molecule has 3 saturated carbocycles. The van der Waals surface area contributed by atoms with Crippen molar-refractivity contribution in [3.05, 3.63) is 34.9 Å². The summed E-state index contributed by atoms with van der Waals surface area (Å²) in [6.07, 6.45) is 30.5. The zero-order valence-corrected chi connectivity index (χ0v) is 19.7. The molecule has 0 atom stereocenters. The minimum atomic E-state index is 0.791. The van der Waals surface area contributed by atoms with Crippen molar-refractivity contribution in [2.45, 2.75) is 153 Å². The molecule has 0 aliphatic heterocycles. The first-order valence-corrected chi connectivity index (χ1v) is 14.0. The predicted molar refractivity (Wildman–Crippen MR) is 130 cm³/mol. The van der Waals surface area contributed by atoms with Gasteiger partial charge in [0.25, 0.3) is 0 Å². The van der Waals surface area contributed by atoms with Gasteiger partial charge in [0.1, 0.15) is 0 Å². The zero-order chi connectivity index (χ0) is 20.4. The van der Waals surface area contributed by atoms with Crippen LogP contribution in [0.4, 0.5) is 0 Å². The Morgan fingerprint density at radius 2 is 0.867 bits per heavy atom. The van der Waals surface area contributed by atoms with E-state index >= 15 is 0 Å². The van der Waals surface area contributed by atoms with Crippen molar-refractivity contribution >= 4 is 0 Å². The van der Waals surface area contributed by atoms with E-state index in [4.69, 9.17) is 0 Å². The lowest BCUT2D eigenvalue weighted by atomic mass is 9.72. The molecule has 0 unspecified atom stereocenters. The average molecular weight is 408 g/mol. The van der Waals surface area contributed by atoms with E-state index in [2.05, 4.69) is 18.2 Å². The van der Waals surface area contributed by atoms with Gasteiger partial charge in [0, 0.05) is 0 Å². The Morgan fingerprint density at radius 1 is 0.467 bits per heavy atom. The van der Waals surface area contributed by atoms with Gasteiger partial charge in [-0.25, -0.2) is 0 Å². The fourth-order valence-corrected chi connectivity index (χ4v) is 6.95. The van der Waals surface area contributed by atoms with Crippen molar-refractivity contribution in [2.75, 3.05) is 0 Å². The van der Waals surface area contributed by atoms with E-state index in [1.807, 2.05) is 5.56 Å². The van der Waals surface area contributed by atoms with Gasteiger partial charge in [0.15, 0.2) is 0 Å². The fourth-order valence-electron chi connectivity index (χ4n) is 6.95. The molecule has 0 N–H and O–H groups in total. The molecular weight excluding hydrogens is 360 g/mol. The van der Waals surface area contributed by atoms with Crippen LogP contribution in [0.2, 0.25) is 0 Å². The Bertz CT molecular complexity index is 550. The van der Waals surface area contributed by atoms with Gasteiger partial charge in [-0.2, -0.15) is 0 Å². The van der Waals surface area contributed by atoms with Crippen LogP contribution < -0.4 is 0 Å². The molecular formula is C30H47. The van der Waals surface area contributed by atoms with E-state index in [-0.39, 0.29) is 0 Å². The Hall–Kier alpha value is -0.780. The van der Waals surface area contributed by atoms with Gasteiger partial charge in [-0.3, -0.25) is 0 Å². The summed E-state index contributed by atoms with van der Waals surface area (Å²) < 4.78 is 0. The Labute approximate surface area is 187 Å². The van der Waals surface area contributed by atoms with Crippen LogP contribution in [-0.2, 0) is 0 Å². The second kappa shape index (κ2) is 12.3. The van der Waals surface area contributed by atoms with Crippen molar-refractivity contribution < 1.29 is 0 Å². The molecule has 0 saturated heterocycles. The second-order valence-electron chi connectivity index (χ2n) is 10.9. The highest BCUT2D eigenvalue weighted by molar-refractivity contribution is 5.42. The molecule has 1 radical (unpaired) electrons. The zero-order valence-electron chi connectivity index (χ0n) is 19.7. The third-order valence-electron chi connectivity index (χ3n) is 8.67. The van der Waals surface area contributed by atoms with Gasteiger partial charge >= 0.3 is 0 Å². The number of benzene rings is 1. The molecule has 0 bridgehead atoms. The van der Waals surface area contributed by atoms with Crippen molar-refractivity contribution in [1.82, 2.24) is 0 Å². The highest BCUT2D eigenvalue weighted by Crippen LogP contribution is 2.44. The van der Waals surface area contributed by atoms with Crippen molar-refractivity contribution in [2.24, 2.45) is 0 Å². The smallest absolute Gasteiger partial charge is 0.0143 e. The summed E-state index contributed by atoms with van der Waals surface area (Å²) in [6.45, 7) is 0. The van der Waals surface area contributed by atoms with Crippen LogP contribution in [-0.4, -0.2) is 0 Å². The third kappa shape index (κ3) is 6.14. The third-order valence-corrected chi connectivity index (χ3v) is 8.67. The van der Waals surface area contributed by atoms with E-state index < -0.39 is 0 Å². The maximum absolute atomic E-state index is 3.90. The van der Waals surface area contributed by atoms with Crippen LogP contribution >= 0.6 is 0 Å². The maximum atomic E-state index is 3.90. The molecule has 167 valence electrons. The summed E-state index contributed by atoms with van der Waals surface area (Å²) >= 11 is 0. The van der Waals surface area contributed by atoms with E-state index in [0.717, 1.165) is 17.8 Å². The van der Waals surface area contributed by atoms with Gasteiger partial charge in [0.2, 0.25) is 0 Å². The van der Waals surface area contributed by atoms with Gasteiger partial charge in [-0.1, -0.05) is 108 Å². The van der Waals surface area contributed by atoms with Gasteiger partial charge in [-0.15, -0.1) is 0 Å². The Morgan fingerprint density at radius 3 is 1.37 bits per heavy atom. The minimum absolute atomic E-state index is 0.791. The maximum Gasteiger partial charge on any atom is -0.0143 e. The predicted octanol–water partition coefficient (Wildman–Crippen LogP) is 9.97. The molecule has 30 heavy (non-hydrogen) atoms. The molecule has 0 amide bonds. The lowest BCUT2D eigenvalue weighted by molar-refractivity contribution is 0.420.